The molecule has 31 heavy (non-hydrogen) atoms. The second kappa shape index (κ2) is 11.4. The van der Waals surface area contributed by atoms with Crippen LogP contribution in [0.3, 0.4) is 0 Å². The predicted octanol–water partition coefficient (Wildman–Crippen LogP) is 5.16. The second-order valence-electron chi connectivity index (χ2n) is 8.00. The summed E-state index contributed by atoms with van der Waals surface area (Å²) in [6.07, 6.45) is 6.02. The van der Waals surface area contributed by atoms with Gasteiger partial charge in [0.25, 0.3) is 0 Å². The van der Waals surface area contributed by atoms with Gasteiger partial charge in [-0.25, -0.2) is 4.79 Å². The highest BCUT2D eigenvalue weighted by Gasteiger charge is 2.32. The van der Waals surface area contributed by atoms with Gasteiger partial charge in [-0.05, 0) is 42.7 Å². The van der Waals surface area contributed by atoms with Gasteiger partial charge in [-0.3, -0.25) is 4.79 Å². The van der Waals surface area contributed by atoms with Crippen LogP contribution in [0, 0.1) is 0 Å². The molecule has 6 nitrogen and oxygen atoms in total. The van der Waals surface area contributed by atoms with Crippen molar-refractivity contribution in [2.24, 2.45) is 0 Å². The molecule has 2 N–H and O–H groups in total. The Balaban J connectivity index is 1.54. The van der Waals surface area contributed by atoms with Crippen LogP contribution in [0.5, 0.6) is 0 Å². The molecule has 168 valence electrons. The number of thiophene rings is 1. The summed E-state index contributed by atoms with van der Waals surface area (Å²) in [4.78, 5) is 26.4. The smallest absolute Gasteiger partial charge is 0.345 e. The fourth-order valence-electron chi connectivity index (χ4n) is 3.91. The van der Waals surface area contributed by atoms with Gasteiger partial charge in [-0.2, -0.15) is 0 Å². The number of aliphatic hydroxyl groups excluding tert-OH is 1. The molecule has 1 aliphatic heterocycles. The average Bonchev–Trinajstić information content (AvgIpc) is 3.38. The van der Waals surface area contributed by atoms with E-state index in [1.165, 1.54) is 24.2 Å². The highest BCUT2D eigenvalue weighted by molar-refractivity contribution is 7.13. The minimum absolute atomic E-state index is 0.0452. The van der Waals surface area contributed by atoms with Gasteiger partial charge >= 0.3 is 5.97 Å². The maximum absolute atomic E-state index is 12.5. The third-order valence-electron chi connectivity index (χ3n) is 5.64. The van der Waals surface area contributed by atoms with Crippen LogP contribution in [0.15, 0.2) is 36.4 Å². The maximum Gasteiger partial charge on any atom is 0.345 e. The first-order chi connectivity index (χ1) is 15.0. The van der Waals surface area contributed by atoms with Crippen LogP contribution in [0.25, 0.3) is 0 Å². The zero-order valence-electron chi connectivity index (χ0n) is 18.0. The molecular formula is C24H31NO5S. The summed E-state index contributed by atoms with van der Waals surface area (Å²) in [5.74, 6) is -0.857. The molecule has 0 radical (unpaired) electrons. The molecule has 3 rings (SSSR count). The molecule has 1 aromatic carbocycles. The summed E-state index contributed by atoms with van der Waals surface area (Å²) >= 11 is 1.20. The van der Waals surface area contributed by atoms with Crippen molar-refractivity contribution >= 4 is 28.9 Å². The standard InChI is InChI=1S/C24H31NO5S/c1-2-3-4-5-6-21(26)17-7-9-18(10-8-17)25-19(11-14-23(25)27)15-30-16-20-12-13-22(31-20)24(28)29/h7-10,12-13,19,21,26H,2-6,11,14-16H2,1H3,(H,28,29)/t19-,21-/m1/s1. The van der Waals surface area contributed by atoms with Crippen LogP contribution in [0.2, 0.25) is 0 Å². The number of carboxylic acid groups (broad SMARTS) is 1. The van der Waals surface area contributed by atoms with E-state index in [4.69, 9.17) is 9.84 Å². The quantitative estimate of drug-likeness (QED) is 0.441. The summed E-state index contributed by atoms with van der Waals surface area (Å²) in [7, 11) is 0. The van der Waals surface area contributed by atoms with E-state index in [0.29, 0.717) is 24.5 Å². The number of aliphatic hydroxyl groups is 1. The van der Waals surface area contributed by atoms with E-state index < -0.39 is 12.1 Å². The number of benzene rings is 1. The molecule has 1 aliphatic rings. The fraction of sp³-hybridized carbons (Fsp3) is 0.500. The van der Waals surface area contributed by atoms with Gasteiger partial charge in [0.2, 0.25) is 5.91 Å². The number of carbonyl (C=O) groups is 2. The lowest BCUT2D eigenvalue weighted by Crippen LogP contribution is -2.36. The van der Waals surface area contributed by atoms with E-state index in [9.17, 15) is 14.7 Å². The van der Waals surface area contributed by atoms with Crippen molar-refractivity contribution < 1.29 is 24.5 Å². The van der Waals surface area contributed by atoms with Crippen molar-refractivity contribution in [3.8, 4) is 0 Å². The van der Waals surface area contributed by atoms with Crippen molar-refractivity contribution in [3.63, 3.8) is 0 Å². The molecule has 0 bridgehead atoms. The Morgan fingerprint density at radius 2 is 1.97 bits per heavy atom. The van der Waals surface area contributed by atoms with Crippen LogP contribution in [-0.2, 0) is 16.1 Å². The number of hydrogen-bond acceptors (Lipinski definition) is 5. The Kier molecular flexibility index (Phi) is 8.63. The Morgan fingerprint density at radius 1 is 1.19 bits per heavy atom. The molecule has 0 spiro atoms. The van der Waals surface area contributed by atoms with E-state index >= 15 is 0 Å². The summed E-state index contributed by atoms with van der Waals surface area (Å²) in [5.41, 5.74) is 1.70. The second-order valence-corrected chi connectivity index (χ2v) is 9.17. The number of amides is 1. The molecule has 0 unspecified atom stereocenters. The molecule has 1 fully saturated rings. The molecule has 1 aromatic heterocycles. The number of unbranched alkanes of at least 4 members (excludes halogenated alkanes) is 3. The van der Waals surface area contributed by atoms with E-state index in [1.54, 1.807) is 17.0 Å². The summed E-state index contributed by atoms with van der Waals surface area (Å²) < 4.78 is 5.81. The van der Waals surface area contributed by atoms with Gasteiger partial charge in [0.1, 0.15) is 4.88 Å². The largest absolute Gasteiger partial charge is 0.477 e. The van der Waals surface area contributed by atoms with Crippen molar-refractivity contribution in [2.75, 3.05) is 11.5 Å². The minimum Gasteiger partial charge on any atom is -0.477 e. The number of ether oxygens (including phenoxy) is 1. The fourth-order valence-corrected chi connectivity index (χ4v) is 4.69. The first-order valence-corrected chi connectivity index (χ1v) is 11.8. The Labute approximate surface area is 187 Å². The van der Waals surface area contributed by atoms with Crippen molar-refractivity contribution in [1.82, 2.24) is 0 Å². The van der Waals surface area contributed by atoms with Gasteiger partial charge in [-0.15, -0.1) is 11.3 Å². The molecular weight excluding hydrogens is 414 g/mol. The highest BCUT2D eigenvalue weighted by atomic mass is 32.1. The zero-order chi connectivity index (χ0) is 22.2. The van der Waals surface area contributed by atoms with E-state index in [2.05, 4.69) is 6.92 Å². The SMILES string of the molecule is CCCCCC[C@@H](O)c1ccc(N2C(=O)CC[C@@H]2COCc2ccc(C(=O)O)s2)cc1. The van der Waals surface area contributed by atoms with E-state index in [0.717, 1.165) is 41.8 Å². The van der Waals surface area contributed by atoms with Crippen LogP contribution < -0.4 is 4.90 Å². The number of hydrogen-bond donors (Lipinski definition) is 2. The number of carboxylic acids is 1. The van der Waals surface area contributed by atoms with Crippen molar-refractivity contribution in [3.05, 3.63) is 51.7 Å². The third kappa shape index (κ3) is 6.38. The minimum atomic E-state index is -0.932. The predicted molar refractivity (Wildman–Crippen MR) is 122 cm³/mol. The van der Waals surface area contributed by atoms with Gasteiger partial charge < -0.3 is 19.8 Å². The van der Waals surface area contributed by atoms with Crippen LogP contribution in [0.4, 0.5) is 5.69 Å². The van der Waals surface area contributed by atoms with Gasteiger partial charge in [0.15, 0.2) is 0 Å². The third-order valence-corrected chi connectivity index (χ3v) is 6.69. The normalized spacial score (nSPS) is 17.3. The summed E-state index contributed by atoms with van der Waals surface area (Å²) in [6.45, 7) is 2.90. The highest BCUT2D eigenvalue weighted by Crippen LogP contribution is 2.29. The van der Waals surface area contributed by atoms with Crippen molar-refractivity contribution in [2.45, 2.75) is 70.6 Å². The van der Waals surface area contributed by atoms with E-state index in [1.807, 2.05) is 24.3 Å². The van der Waals surface area contributed by atoms with Gasteiger partial charge in [0.05, 0.1) is 25.4 Å². The molecule has 7 heteroatoms. The van der Waals surface area contributed by atoms with Crippen molar-refractivity contribution in [1.29, 1.82) is 0 Å². The van der Waals surface area contributed by atoms with Gasteiger partial charge in [-0.1, -0.05) is 44.7 Å². The number of aromatic carboxylic acids is 1. The number of nitrogens with zero attached hydrogens (tertiary/aromatic N) is 1. The topological polar surface area (TPSA) is 87.1 Å². The molecule has 2 heterocycles. The number of carbonyl (C=O) groups excluding carboxylic acids is 1. The maximum atomic E-state index is 12.5. The lowest BCUT2D eigenvalue weighted by Gasteiger charge is -2.25. The molecule has 2 aromatic rings. The van der Waals surface area contributed by atoms with Gasteiger partial charge in [0, 0.05) is 17.0 Å². The Morgan fingerprint density at radius 3 is 2.65 bits per heavy atom. The molecule has 0 aliphatic carbocycles. The zero-order valence-corrected chi connectivity index (χ0v) is 18.8. The lowest BCUT2D eigenvalue weighted by molar-refractivity contribution is -0.117. The van der Waals surface area contributed by atoms with Crippen LogP contribution in [0.1, 0.15) is 78.1 Å². The molecule has 2 atom stereocenters. The molecule has 1 amide bonds. The molecule has 0 saturated carbocycles. The van der Waals surface area contributed by atoms with Crippen LogP contribution >= 0.6 is 11.3 Å². The average molecular weight is 446 g/mol. The summed E-state index contributed by atoms with van der Waals surface area (Å²) in [5, 5.41) is 19.4. The number of rotatable bonds is 12. The first kappa shape index (κ1) is 23.4. The first-order valence-electron chi connectivity index (χ1n) is 11.0. The monoisotopic (exact) mass is 445 g/mol. The summed E-state index contributed by atoms with van der Waals surface area (Å²) in [6, 6.07) is 10.9. The molecule has 1 saturated heterocycles. The lowest BCUT2D eigenvalue weighted by atomic mass is 10.0. The Bertz CT molecular complexity index is 863. The van der Waals surface area contributed by atoms with Crippen LogP contribution in [-0.4, -0.2) is 34.7 Å². The Hall–Kier alpha value is -2.22. The van der Waals surface area contributed by atoms with E-state index in [-0.39, 0.29) is 11.9 Å². The number of anilines is 1.